The Balaban J connectivity index is 1.78. The zero-order chi connectivity index (χ0) is 20.8. The first-order valence-electron chi connectivity index (χ1n) is 8.19. The van der Waals surface area contributed by atoms with Crippen LogP contribution in [0.15, 0.2) is 42.5 Å². The molecule has 4 heterocycles. The molecule has 0 aliphatic carbocycles. The summed E-state index contributed by atoms with van der Waals surface area (Å²) in [5.41, 5.74) is -0.601. The summed E-state index contributed by atoms with van der Waals surface area (Å²) >= 11 is 6.99. The van der Waals surface area contributed by atoms with Gasteiger partial charge in [-0.1, -0.05) is 17.7 Å². The average molecular weight is 438 g/mol. The molecular formula is C18H11ClF3N5OS. The lowest BCUT2D eigenvalue weighted by Gasteiger charge is -2.10. The molecule has 0 bridgehead atoms. The van der Waals surface area contributed by atoms with Gasteiger partial charge in [0.25, 0.3) is 5.91 Å². The van der Waals surface area contributed by atoms with Crippen LogP contribution in [0.5, 0.6) is 0 Å². The lowest BCUT2D eigenvalue weighted by atomic mass is 10.2. The number of amides is 1. The zero-order valence-corrected chi connectivity index (χ0v) is 16.2. The number of nitrogens with one attached hydrogen (secondary N) is 1. The number of thiophene rings is 1. The van der Waals surface area contributed by atoms with Crippen LogP contribution in [0.1, 0.15) is 21.9 Å². The highest BCUT2D eigenvalue weighted by Crippen LogP contribution is 2.35. The number of anilines is 1. The van der Waals surface area contributed by atoms with Gasteiger partial charge in [-0.15, -0.1) is 11.3 Å². The predicted octanol–water partition coefficient (Wildman–Crippen LogP) is 5.09. The summed E-state index contributed by atoms with van der Waals surface area (Å²) in [4.78, 5) is 21.3. The second-order valence-corrected chi connectivity index (χ2v) is 7.76. The third-order valence-corrected chi connectivity index (χ3v) is 5.16. The molecule has 0 spiro atoms. The fourth-order valence-corrected chi connectivity index (χ4v) is 3.66. The first-order valence-corrected chi connectivity index (χ1v) is 9.39. The van der Waals surface area contributed by atoms with Crippen LogP contribution in [0, 0.1) is 6.92 Å². The molecule has 4 aromatic heterocycles. The molecule has 0 fully saturated rings. The van der Waals surface area contributed by atoms with Gasteiger partial charge in [-0.3, -0.25) is 4.79 Å². The number of pyridine rings is 1. The Bertz CT molecular complexity index is 1230. The minimum atomic E-state index is -4.70. The highest BCUT2D eigenvalue weighted by Gasteiger charge is 2.35. The van der Waals surface area contributed by atoms with Crippen LogP contribution in [-0.2, 0) is 6.18 Å². The molecular weight excluding hydrogens is 427 g/mol. The number of aromatic nitrogens is 4. The van der Waals surface area contributed by atoms with Gasteiger partial charge in [-0.05, 0) is 37.3 Å². The number of carbonyl (C=O) groups is 1. The van der Waals surface area contributed by atoms with Crippen molar-refractivity contribution in [1.29, 1.82) is 0 Å². The molecule has 0 aliphatic rings. The van der Waals surface area contributed by atoms with Crippen molar-refractivity contribution in [2.75, 3.05) is 5.32 Å². The summed E-state index contributed by atoms with van der Waals surface area (Å²) in [5, 5.41) is 6.33. The van der Waals surface area contributed by atoms with E-state index in [0.717, 1.165) is 17.4 Å². The van der Waals surface area contributed by atoms with Gasteiger partial charge < -0.3 is 5.32 Å². The normalized spacial score (nSPS) is 11.8. The first-order chi connectivity index (χ1) is 13.7. The molecule has 0 radical (unpaired) electrons. The fourth-order valence-electron chi connectivity index (χ4n) is 2.66. The van der Waals surface area contributed by atoms with Crippen LogP contribution >= 0.6 is 22.9 Å². The van der Waals surface area contributed by atoms with Crippen LogP contribution in [0.3, 0.4) is 0 Å². The van der Waals surface area contributed by atoms with Crippen molar-refractivity contribution >= 4 is 40.3 Å². The molecule has 4 aromatic rings. The molecule has 1 N–H and O–H groups in total. The molecule has 0 atom stereocenters. The number of hydrogen-bond acceptors (Lipinski definition) is 5. The molecule has 0 aromatic carbocycles. The third-order valence-electron chi connectivity index (χ3n) is 3.91. The van der Waals surface area contributed by atoms with Crippen molar-refractivity contribution in [2.45, 2.75) is 13.1 Å². The van der Waals surface area contributed by atoms with Crippen molar-refractivity contribution in [1.82, 2.24) is 19.6 Å². The number of aryl methyl sites for hydroxylation is 1. The second kappa shape index (κ2) is 7.12. The van der Waals surface area contributed by atoms with Gasteiger partial charge in [-0.25, -0.2) is 14.5 Å². The summed E-state index contributed by atoms with van der Waals surface area (Å²) in [6.07, 6.45) is -4.70. The van der Waals surface area contributed by atoms with Gasteiger partial charge in [0.1, 0.15) is 5.82 Å². The van der Waals surface area contributed by atoms with Crippen LogP contribution in [-0.4, -0.2) is 25.5 Å². The molecule has 4 rings (SSSR count). The van der Waals surface area contributed by atoms with Crippen molar-refractivity contribution in [3.8, 4) is 10.6 Å². The van der Waals surface area contributed by atoms with E-state index in [4.69, 9.17) is 11.6 Å². The Morgan fingerprint density at radius 3 is 2.62 bits per heavy atom. The summed E-state index contributed by atoms with van der Waals surface area (Å²) in [7, 11) is 0. The Morgan fingerprint density at radius 2 is 1.97 bits per heavy atom. The summed E-state index contributed by atoms with van der Waals surface area (Å²) < 4.78 is 41.8. The van der Waals surface area contributed by atoms with E-state index in [1.807, 2.05) is 0 Å². The van der Waals surface area contributed by atoms with E-state index >= 15 is 0 Å². The minimum Gasteiger partial charge on any atom is -0.305 e. The molecule has 11 heteroatoms. The van der Waals surface area contributed by atoms with Crippen molar-refractivity contribution in [2.24, 2.45) is 0 Å². The first kappa shape index (κ1) is 19.3. The van der Waals surface area contributed by atoms with Gasteiger partial charge in [0.15, 0.2) is 17.0 Å². The molecule has 0 unspecified atom stereocenters. The molecule has 0 aliphatic heterocycles. The number of nitrogens with zero attached hydrogens (tertiary/aromatic N) is 4. The van der Waals surface area contributed by atoms with E-state index in [9.17, 15) is 18.0 Å². The van der Waals surface area contributed by atoms with Crippen LogP contribution < -0.4 is 5.32 Å². The van der Waals surface area contributed by atoms with Crippen molar-refractivity contribution in [3.63, 3.8) is 0 Å². The number of carbonyl (C=O) groups excluding carboxylic acids is 1. The zero-order valence-electron chi connectivity index (χ0n) is 14.7. The lowest BCUT2D eigenvalue weighted by Crippen LogP contribution is -2.16. The Morgan fingerprint density at radius 1 is 1.17 bits per heavy atom. The monoisotopic (exact) mass is 437 g/mol. The smallest absolute Gasteiger partial charge is 0.305 e. The Labute approximate surface area is 171 Å². The minimum absolute atomic E-state index is 0.0916. The number of hydrogen-bond donors (Lipinski definition) is 1. The SMILES string of the molecule is Cc1cccc(NC(=O)c2cc3nc(-c4ccc(Cl)s4)cc(C(F)(F)F)n3n2)n1. The maximum absolute atomic E-state index is 13.6. The molecule has 148 valence electrons. The number of alkyl halides is 3. The topological polar surface area (TPSA) is 72.2 Å². The molecule has 1 amide bonds. The molecule has 6 nitrogen and oxygen atoms in total. The Kier molecular flexibility index (Phi) is 4.75. The number of fused-ring (bicyclic) bond motifs is 1. The van der Waals surface area contributed by atoms with Gasteiger partial charge in [0.05, 0.1) is 14.9 Å². The third kappa shape index (κ3) is 3.94. The van der Waals surface area contributed by atoms with E-state index < -0.39 is 17.8 Å². The summed E-state index contributed by atoms with van der Waals surface area (Å²) in [5.74, 6) is -0.424. The summed E-state index contributed by atoms with van der Waals surface area (Å²) in [6.45, 7) is 1.75. The quantitative estimate of drug-likeness (QED) is 0.485. The van der Waals surface area contributed by atoms with Crippen molar-refractivity contribution < 1.29 is 18.0 Å². The van der Waals surface area contributed by atoms with Gasteiger partial charge in [-0.2, -0.15) is 18.3 Å². The lowest BCUT2D eigenvalue weighted by molar-refractivity contribution is -0.142. The second-order valence-electron chi connectivity index (χ2n) is 6.05. The highest BCUT2D eigenvalue weighted by molar-refractivity contribution is 7.19. The van der Waals surface area contributed by atoms with Crippen LogP contribution in [0.4, 0.5) is 19.0 Å². The molecule has 0 saturated carbocycles. The van der Waals surface area contributed by atoms with E-state index in [-0.39, 0.29) is 22.9 Å². The van der Waals surface area contributed by atoms with E-state index in [2.05, 4.69) is 20.4 Å². The number of rotatable bonds is 3. The molecule has 0 saturated heterocycles. The molecule has 29 heavy (non-hydrogen) atoms. The van der Waals surface area contributed by atoms with E-state index in [1.54, 1.807) is 37.3 Å². The maximum Gasteiger partial charge on any atom is 0.433 e. The van der Waals surface area contributed by atoms with E-state index in [0.29, 0.717) is 19.4 Å². The predicted molar refractivity (Wildman–Crippen MR) is 103 cm³/mol. The Hall–Kier alpha value is -2.98. The van der Waals surface area contributed by atoms with Crippen LogP contribution in [0.25, 0.3) is 16.2 Å². The number of halogens is 4. The van der Waals surface area contributed by atoms with E-state index in [1.165, 1.54) is 6.07 Å². The van der Waals surface area contributed by atoms with Gasteiger partial charge in [0, 0.05) is 11.8 Å². The van der Waals surface area contributed by atoms with Crippen molar-refractivity contribution in [3.05, 3.63) is 63.9 Å². The average Bonchev–Trinajstić information content (AvgIpc) is 3.26. The largest absolute Gasteiger partial charge is 0.433 e. The van der Waals surface area contributed by atoms with Gasteiger partial charge in [0.2, 0.25) is 0 Å². The summed E-state index contributed by atoms with van der Waals surface area (Å²) in [6, 6.07) is 10.2. The van der Waals surface area contributed by atoms with Crippen LogP contribution in [0.2, 0.25) is 4.34 Å². The fraction of sp³-hybridized carbons (Fsp3) is 0.111. The maximum atomic E-state index is 13.6. The highest BCUT2D eigenvalue weighted by atomic mass is 35.5. The van der Waals surface area contributed by atoms with Gasteiger partial charge >= 0.3 is 6.18 Å². The standard InChI is InChI=1S/C18H11ClF3N5OS/c1-9-3-2-4-15(23-9)25-17(28)11-8-16-24-10(12-5-6-14(19)29-12)7-13(18(20,21)22)27(16)26-11/h2-8H,1H3,(H,23,25,28).